The van der Waals surface area contributed by atoms with Gasteiger partial charge in [-0.3, -0.25) is 4.68 Å². The smallest absolute Gasteiger partial charge is 0.0518 e. The van der Waals surface area contributed by atoms with Crippen LogP contribution in [0.2, 0.25) is 0 Å². The van der Waals surface area contributed by atoms with E-state index in [1.54, 1.807) is 0 Å². The number of rotatable bonds is 4. The Morgan fingerprint density at radius 3 is 2.09 bits per heavy atom. The monoisotopic (exact) mass is 312 g/mol. The predicted octanol–water partition coefficient (Wildman–Crippen LogP) is 5.60. The highest BCUT2D eigenvalue weighted by atomic mass is 16.2. The van der Waals surface area contributed by atoms with E-state index < -0.39 is 0 Å². The summed E-state index contributed by atoms with van der Waals surface area (Å²) in [6.45, 7) is 13.6. The van der Waals surface area contributed by atoms with E-state index in [1.165, 1.54) is 37.7 Å². The van der Waals surface area contributed by atoms with Crippen molar-refractivity contribution in [2.75, 3.05) is 6.61 Å². The van der Waals surface area contributed by atoms with Gasteiger partial charge in [-0.05, 0) is 37.7 Å². The van der Waals surface area contributed by atoms with E-state index in [4.69, 9.17) is 5.11 Å². The summed E-state index contributed by atoms with van der Waals surface area (Å²) in [5.41, 5.74) is 1.27. The predicted molar refractivity (Wildman–Crippen MR) is 98.2 cm³/mol. The van der Waals surface area contributed by atoms with Gasteiger partial charge in [0.05, 0.1) is 6.20 Å². The van der Waals surface area contributed by atoms with Crippen LogP contribution in [0.15, 0.2) is 12.4 Å². The second-order valence-electron chi connectivity index (χ2n) is 5.32. The number of aliphatic hydroxyl groups is 1. The molecule has 3 heteroatoms. The molecular formula is C19H40N2O. The highest BCUT2D eigenvalue weighted by Gasteiger charge is 2.13. The summed E-state index contributed by atoms with van der Waals surface area (Å²) < 4.78 is 2.10. The number of hydrogen-bond donors (Lipinski definition) is 1. The number of aliphatic hydroxyl groups excluding tert-OH is 1. The molecular weight excluding hydrogens is 272 g/mol. The van der Waals surface area contributed by atoms with Gasteiger partial charge in [0.1, 0.15) is 0 Å². The SMILES string of the molecule is CC.CC.CCCCO.Cc1cnn(CC2CCCCC2)c1. The first-order valence-corrected chi connectivity index (χ1v) is 9.36. The van der Waals surface area contributed by atoms with Crippen LogP contribution in [0.5, 0.6) is 0 Å². The van der Waals surface area contributed by atoms with Gasteiger partial charge in [0.25, 0.3) is 0 Å². The number of aryl methyl sites for hydroxylation is 1. The van der Waals surface area contributed by atoms with E-state index in [0.29, 0.717) is 6.61 Å². The largest absolute Gasteiger partial charge is 0.396 e. The quantitative estimate of drug-likeness (QED) is 0.785. The molecule has 0 bridgehead atoms. The van der Waals surface area contributed by atoms with Crippen LogP contribution in [0.4, 0.5) is 0 Å². The fourth-order valence-corrected chi connectivity index (χ4v) is 2.36. The third-order valence-corrected chi connectivity index (χ3v) is 3.44. The lowest BCUT2D eigenvalue weighted by Gasteiger charge is -2.21. The van der Waals surface area contributed by atoms with E-state index in [0.717, 1.165) is 25.3 Å². The summed E-state index contributed by atoms with van der Waals surface area (Å²) in [4.78, 5) is 0. The molecule has 0 aliphatic heterocycles. The zero-order valence-corrected chi connectivity index (χ0v) is 15.9. The molecule has 1 aromatic heterocycles. The van der Waals surface area contributed by atoms with Crippen molar-refractivity contribution in [2.24, 2.45) is 5.92 Å². The Morgan fingerprint density at radius 2 is 1.73 bits per heavy atom. The summed E-state index contributed by atoms with van der Waals surface area (Å²) in [5, 5.41) is 12.4. The molecule has 0 saturated heterocycles. The lowest BCUT2D eigenvalue weighted by molar-refractivity contribution is 0.287. The van der Waals surface area contributed by atoms with Gasteiger partial charge in [0.2, 0.25) is 0 Å². The van der Waals surface area contributed by atoms with Gasteiger partial charge in [0, 0.05) is 19.3 Å². The van der Waals surface area contributed by atoms with Crippen LogP contribution >= 0.6 is 0 Å². The minimum atomic E-state index is 0.344. The molecule has 0 aromatic carbocycles. The van der Waals surface area contributed by atoms with Crippen LogP contribution in [0.25, 0.3) is 0 Å². The Kier molecular flexibility index (Phi) is 19.4. The van der Waals surface area contributed by atoms with Crippen LogP contribution in [0.3, 0.4) is 0 Å². The van der Waals surface area contributed by atoms with Gasteiger partial charge < -0.3 is 5.11 Å². The third kappa shape index (κ3) is 12.9. The number of nitrogens with zero attached hydrogens (tertiary/aromatic N) is 2. The van der Waals surface area contributed by atoms with E-state index in [9.17, 15) is 0 Å². The first-order valence-electron chi connectivity index (χ1n) is 9.36. The molecule has 132 valence electrons. The maximum absolute atomic E-state index is 8.07. The first-order chi connectivity index (χ1) is 10.8. The molecule has 1 aliphatic rings. The zero-order chi connectivity index (χ0) is 17.2. The maximum Gasteiger partial charge on any atom is 0.0518 e. The van der Waals surface area contributed by atoms with Crippen LogP contribution in [-0.4, -0.2) is 21.5 Å². The highest BCUT2D eigenvalue weighted by molar-refractivity contribution is 4.99. The van der Waals surface area contributed by atoms with Crippen molar-refractivity contribution < 1.29 is 5.11 Å². The van der Waals surface area contributed by atoms with Crippen molar-refractivity contribution >= 4 is 0 Å². The second kappa shape index (κ2) is 18.2. The minimum Gasteiger partial charge on any atom is -0.396 e. The van der Waals surface area contributed by atoms with Crippen molar-refractivity contribution in [3.8, 4) is 0 Å². The molecule has 1 saturated carbocycles. The molecule has 22 heavy (non-hydrogen) atoms. The van der Waals surface area contributed by atoms with Crippen molar-refractivity contribution in [3.63, 3.8) is 0 Å². The Morgan fingerprint density at radius 1 is 1.14 bits per heavy atom. The molecule has 1 fully saturated rings. The number of hydrogen-bond acceptors (Lipinski definition) is 2. The van der Waals surface area contributed by atoms with Crippen molar-refractivity contribution in [1.29, 1.82) is 0 Å². The second-order valence-corrected chi connectivity index (χ2v) is 5.32. The van der Waals surface area contributed by atoms with Crippen LogP contribution in [-0.2, 0) is 6.54 Å². The van der Waals surface area contributed by atoms with Gasteiger partial charge in [-0.15, -0.1) is 0 Å². The number of unbranched alkanes of at least 4 members (excludes halogenated alkanes) is 1. The molecule has 2 rings (SSSR count). The topological polar surface area (TPSA) is 38.1 Å². The molecule has 1 aliphatic carbocycles. The van der Waals surface area contributed by atoms with Gasteiger partial charge in [-0.25, -0.2) is 0 Å². The molecule has 1 aromatic rings. The summed E-state index contributed by atoms with van der Waals surface area (Å²) in [6, 6.07) is 0. The fourth-order valence-electron chi connectivity index (χ4n) is 2.36. The molecule has 0 amide bonds. The van der Waals surface area contributed by atoms with Crippen LogP contribution in [0.1, 0.15) is 85.1 Å². The highest BCUT2D eigenvalue weighted by Crippen LogP contribution is 2.24. The van der Waals surface area contributed by atoms with E-state index in [1.807, 2.05) is 33.9 Å². The zero-order valence-electron chi connectivity index (χ0n) is 15.9. The average Bonchev–Trinajstić information content (AvgIpc) is 2.99. The fraction of sp³-hybridized carbons (Fsp3) is 0.842. The minimum absolute atomic E-state index is 0.344. The molecule has 0 radical (unpaired) electrons. The standard InChI is InChI=1S/C11H18N2.C4H10O.2C2H6/c1-10-7-12-13(8-10)9-11-5-3-2-4-6-11;1-2-3-4-5;2*1-2/h7-8,11H,2-6,9H2,1H3;5H,2-4H2,1H3;2*1-2H3. The summed E-state index contributed by atoms with van der Waals surface area (Å²) >= 11 is 0. The first kappa shape index (κ1) is 23.4. The Labute approximate surface area is 139 Å². The number of aromatic nitrogens is 2. The Balaban J connectivity index is 0. The molecule has 1 N–H and O–H groups in total. The maximum atomic E-state index is 8.07. The van der Waals surface area contributed by atoms with E-state index >= 15 is 0 Å². The molecule has 1 heterocycles. The average molecular weight is 313 g/mol. The lowest BCUT2D eigenvalue weighted by atomic mass is 9.89. The van der Waals surface area contributed by atoms with Crippen molar-refractivity contribution in [1.82, 2.24) is 9.78 Å². The summed E-state index contributed by atoms with van der Waals surface area (Å²) in [6.07, 6.45) is 13.2. The Bertz CT molecular complexity index is 302. The third-order valence-electron chi connectivity index (χ3n) is 3.44. The summed E-state index contributed by atoms with van der Waals surface area (Å²) in [5.74, 6) is 0.882. The van der Waals surface area contributed by atoms with Crippen LogP contribution < -0.4 is 0 Å². The van der Waals surface area contributed by atoms with Gasteiger partial charge >= 0.3 is 0 Å². The van der Waals surface area contributed by atoms with E-state index in [-0.39, 0.29) is 0 Å². The molecule has 0 unspecified atom stereocenters. The molecule has 0 atom stereocenters. The van der Waals surface area contributed by atoms with Crippen molar-refractivity contribution in [3.05, 3.63) is 18.0 Å². The van der Waals surface area contributed by atoms with Gasteiger partial charge in [-0.1, -0.05) is 60.3 Å². The lowest BCUT2D eigenvalue weighted by Crippen LogP contribution is -2.14. The molecule has 0 spiro atoms. The van der Waals surface area contributed by atoms with Gasteiger partial charge in [0.15, 0.2) is 0 Å². The Hall–Kier alpha value is -0.830. The van der Waals surface area contributed by atoms with Gasteiger partial charge in [-0.2, -0.15) is 5.10 Å². The van der Waals surface area contributed by atoms with Crippen LogP contribution in [0, 0.1) is 12.8 Å². The molecule has 3 nitrogen and oxygen atoms in total. The van der Waals surface area contributed by atoms with E-state index in [2.05, 4.69) is 29.8 Å². The normalized spacial score (nSPS) is 13.8. The summed E-state index contributed by atoms with van der Waals surface area (Å²) in [7, 11) is 0. The van der Waals surface area contributed by atoms with Crippen molar-refractivity contribution in [2.45, 2.75) is 93.0 Å².